The maximum Gasteiger partial charge on any atom is 0.260 e. The van der Waals surface area contributed by atoms with Crippen LogP contribution in [0.5, 0.6) is 0 Å². The maximum absolute atomic E-state index is 14.4. The summed E-state index contributed by atoms with van der Waals surface area (Å²) in [5.74, 6) is 3.63. The third-order valence-corrected chi connectivity index (χ3v) is 5.12. The molecule has 0 fully saturated rings. The minimum absolute atomic E-state index is 0.325. The lowest BCUT2D eigenvalue weighted by molar-refractivity contribution is -0.132. The second-order valence-electron chi connectivity index (χ2n) is 6.86. The molecule has 142 valence electrons. The Hall–Kier alpha value is -3.14. The number of amides is 1. The van der Waals surface area contributed by atoms with Crippen molar-refractivity contribution in [3.63, 3.8) is 0 Å². The summed E-state index contributed by atoms with van der Waals surface area (Å²) in [6, 6.07) is 13.1. The average Bonchev–Trinajstić information content (AvgIpc) is 3.09. The van der Waals surface area contributed by atoms with Crippen LogP contribution in [0.25, 0.3) is 10.9 Å². The fourth-order valence-corrected chi connectivity index (χ4v) is 3.50. The molecule has 1 heterocycles. The third kappa shape index (κ3) is 3.50. The Kier molecular flexibility index (Phi) is 5.11. The zero-order valence-electron chi connectivity index (χ0n) is 15.1. The van der Waals surface area contributed by atoms with Gasteiger partial charge in [0.15, 0.2) is 0 Å². The molecule has 0 bridgehead atoms. The highest BCUT2D eigenvalue weighted by Gasteiger charge is 2.32. The number of H-pyrrole nitrogens is 1. The number of benzene rings is 2. The van der Waals surface area contributed by atoms with Crippen molar-refractivity contribution in [3.8, 4) is 11.8 Å². The molecular formula is C22H20FN3O2. The number of carbonyl (C=O) groups excluding carboxylic acids is 1. The zero-order chi connectivity index (χ0) is 19.5. The quantitative estimate of drug-likeness (QED) is 0.221. The Labute approximate surface area is 161 Å². The first-order valence-corrected chi connectivity index (χ1v) is 9.16. The van der Waals surface area contributed by atoms with Gasteiger partial charge < -0.3 is 10.3 Å². The predicted octanol–water partition coefficient (Wildman–Crippen LogP) is 2.86. The van der Waals surface area contributed by atoms with Gasteiger partial charge in [0.2, 0.25) is 0 Å². The number of aromatic nitrogens is 1. The smallest absolute Gasteiger partial charge is 0.260 e. The van der Waals surface area contributed by atoms with Gasteiger partial charge in [-0.3, -0.25) is 10.0 Å². The summed E-state index contributed by atoms with van der Waals surface area (Å²) in [5.41, 5.74) is 5.16. The molecule has 4 N–H and O–H groups in total. The van der Waals surface area contributed by atoms with Gasteiger partial charge in [0.25, 0.3) is 5.91 Å². The summed E-state index contributed by atoms with van der Waals surface area (Å²) in [4.78, 5) is 14.8. The van der Waals surface area contributed by atoms with Gasteiger partial charge in [0, 0.05) is 29.2 Å². The van der Waals surface area contributed by atoms with Gasteiger partial charge >= 0.3 is 0 Å². The van der Waals surface area contributed by atoms with Gasteiger partial charge in [0.1, 0.15) is 11.7 Å². The minimum Gasteiger partial charge on any atom is -0.361 e. The van der Waals surface area contributed by atoms with Gasteiger partial charge in [0.05, 0.1) is 5.92 Å². The number of hydroxylamine groups is 1. The molecule has 1 aliphatic carbocycles. The van der Waals surface area contributed by atoms with E-state index in [0.717, 1.165) is 18.5 Å². The molecule has 1 aromatic heterocycles. The van der Waals surface area contributed by atoms with Crippen LogP contribution in [-0.4, -0.2) is 22.6 Å². The molecule has 0 saturated carbocycles. The van der Waals surface area contributed by atoms with E-state index < -0.39 is 11.8 Å². The molecule has 5 nitrogen and oxygen atoms in total. The Morgan fingerprint density at radius 2 is 2.04 bits per heavy atom. The van der Waals surface area contributed by atoms with Crippen molar-refractivity contribution < 1.29 is 14.4 Å². The summed E-state index contributed by atoms with van der Waals surface area (Å²) in [5, 5.41) is 13.2. The van der Waals surface area contributed by atoms with Gasteiger partial charge in [-0.2, -0.15) is 0 Å². The predicted molar refractivity (Wildman–Crippen MR) is 104 cm³/mol. The van der Waals surface area contributed by atoms with Crippen LogP contribution >= 0.6 is 0 Å². The Bertz CT molecular complexity index is 1080. The fraction of sp³-hybridized carbons (Fsp3) is 0.227. The van der Waals surface area contributed by atoms with Gasteiger partial charge in [-0.25, -0.2) is 9.87 Å². The number of rotatable bonds is 7. The first kappa shape index (κ1) is 18.2. The SMILES string of the molecule is O=C(NO)C1C#CC1c1ccc(CNCCc2c[nH]c3ccccc23)c(F)c1. The number of carbonyl (C=O) groups is 1. The highest BCUT2D eigenvalue weighted by atomic mass is 19.1. The first-order chi connectivity index (χ1) is 13.7. The lowest BCUT2D eigenvalue weighted by Crippen LogP contribution is -2.34. The summed E-state index contributed by atoms with van der Waals surface area (Å²) >= 11 is 0. The summed E-state index contributed by atoms with van der Waals surface area (Å²) in [6.45, 7) is 1.15. The van der Waals surface area contributed by atoms with E-state index >= 15 is 0 Å². The zero-order valence-corrected chi connectivity index (χ0v) is 15.1. The van der Waals surface area contributed by atoms with Crippen LogP contribution in [-0.2, 0) is 17.8 Å². The van der Waals surface area contributed by atoms with Gasteiger partial charge in [-0.1, -0.05) is 42.2 Å². The molecule has 2 atom stereocenters. The molecule has 0 aliphatic heterocycles. The number of hydrogen-bond donors (Lipinski definition) is 4. The van der Waals surface area contributed by atoms with Crippen molar-refractivity contribution in [3.05, 3.63) is 71.2 Å². The van der Waals surface area contributed by atoms with E-state index in [0.29, 0.717) is 17.7 Å². The number of fused-ring (bicyclic) bond motifs is 1. The van der Waals surface area contributed by atoms with E-state index in [1.807, 2.05) is 24.4 Å². The molecule has 1 amide bonds. The van der Waals surface area contributed by atoms with Crippen LogP contribution in [0.1, 0.15) is 22.6 Å². The van der Waals surface area contributed by atoms with Crippen molar-refractivity contribution in [2.75, 3.05) is 6.54 Å². The number of para-hydroxylation sites is 1. The van der Waals surface area contributed by atoms with E-state index in [1.165, 1.54) is 17.0 Å². The molecule has 3 aromatic rings. The van der Waals surface area contributed by atoms with Gasteiger partial charge in [-0.15, -0.1) is 0 Å². The van der Waals surface area contributed by atoms with Crippen LogP contribution in [0.3, 0.4) is 0 Å². The van der Waals surface area contributed by atoms with E-state index in [2.05, 4.69) is 28.2 Å². The van der Waals surface area contributed by atoms with E-state index in [1.54, 1.807) is 17.6 Å². The van der Waals surface area contributed by atoms with Crippen LogP contribution in [0.4, 0.5) is 4.39 Å². The Morgan fingerprint density at radius 3 is 2.79 bits per heavy atom. The van der Waals surface area contributed by atoms with E-state index in [4.69, 9.17) is 5.21 Å². The van der Waals surface area contributed by atoms with Crippen molar-refractivity contribution in [1.82, 2.24) is 15.8 Å². The molecule has 1 aliphatic rings. The normalized spacial score (nSPS) is 17.6. The lowest BCUT2D eigenvalue weighted by atomic mass is 9.79. The molecular weight excluding hydrogens is 357 g/mol. The van der Waals surface area contributed by atoms with E-state index in [9.17, 15) is 9.18 Å². The number of nitrogens with one attached hydrogen (secondary N) is 3. The number of halogens is 1. The molecule has 0 saturated heterocycles. The fourth-order valence-electron chi connectivity index (χ4n) is 3.50. The Balaban J connectivity index is 1.33. The third-order valence-electron chi connectivity index (χ3n) is 5.12. The largest absolute Gasteiger partial charge is 0.361 e. The molecule has 0 spiro atoms. The summed E-state index contributed by atoms with van der Waals surface area (Å²) < 4.78 is 14.4. The second-order valence-corrected chi connectivity index (χ2v) is 6.86. The molecule has 2 aromatic carbocycles. The first-order valence-electron chi connectivity index (χ1n) is 9.16. The van der Waals surface area contributed by atoms with Crippen molar-refractivity contribution in [1.29, 1.82) is 0 Å². The Morgan fingerprint density at radius 1 is 1.18 bits per heavy atom. The molecule has 2 unspecified atom stereocenters. The highest BCUT2D eigenvalue weighted by molar-refractivity contribution is 5.84. The summed E-state index contributed by atoms with van der Waals surface area (Å²) in [7, 11) is 0. The van der Waals surface area contributed by atoms with Crippen molar-refractivity contribution in [2.24, 2.45) is 5.92 Å². The lowest BCUT2D eigenvalue weighted by Gasteiger charge is -2.23. The summed E-state index contributed by atoms with van der Waals surface area (Å²) in [6.07, 6.45) is 2.86. The van der Waals surface area contributed by atoms with Crippen LogP contribution in [0, 0.1) is 23.6 Å². The van der Waals surface area contributed by atoms with Crippen LogP contribution in [0.15, 0.2) is 48.7 Å². The number of hydrogen-bond acceptors (Lipinski definition) is 3. The second kappa shape index (κ2) is 7.85. The van der Waals surface area contributed by atoms with Crippen LogP contribution in [0.2, 0.25) is 0 Å². The van der Waals surface area contributed by atoms with Crippen LogP contribution < -0.4 is 10.8 Å². The molecule has 28 heavy (non-hydrogen) atoms. The topological polar surface area (TPSA) is 77.2 Å². The highest BCUT2D eigenvalue weighted by Crippen LogP contribution is 2.31. The van der Waals surface area contributed by atoms with Crippen molar-refractivity contribution in [2.45, 2.75) is 18.9 Å². The minimum atomic E-state index is -0.635. The maximum atomic E-state index is 14.4. The monoisotopic (exact) mass is 377 g/mol. The number of aromatic amines is 1. The van der Waals surface area contributed by atoms with Gasteiger partial charge in [-0.05, 0) is 36.2 Å². The molecule has 4 rings (SSSR count). The standard InChI is InChI=1S/C22H20FN3O2/c23-20-11-14(17-7-8-19(17)22(27)26-28)5-6-16(20)12-24-10-9-15-13-25-21-4-2-1-3-18(15)21/h1-6,11,13,17,19,24-25,28H,9-10,12H2,(H,26,27). The molecule has 6 heteroatoms. The molecule has 0 radical (unpaired) electrons. The van der Waals surface area contributed by atoms with Crippen molar-refractivity contribution >= 4 is 16.8 Å². The van der Waals surface area contributed by atoms with E-state index in [-0.39, 0.29) is 11.7 Å². The average molecular weight is 377 g/mol.